The second-order valence-corrected chi connectivity index (χ2v) is 12.0. The standard InChI is InChI=1S/C26H30N6O3.C5H11N/c1-3-15-9-10-20(28)19(13-27)23(15)17-7-4-8-18-24(31-35-25(17)18)26-29-21(33)12-22(30-26)34-14-16-6-5-11-32(16)2;1-5(2)3-4-6-5/h9-10,12,16-17H,3-8,11,14,28H2,1-2H3,(H,29,30,33);6H,3-4H2,1-2H3. The van der Waals surface area contributed by atoms with Gasteiger partial charge in [-0.05, 0) is 96.1 Å². The molecule has 2 unspecified atom stereocenters. The number of likely N-dealkylation sites (tertiary alicyclic amines) is 1. The Labute approximate surface area is 241 Å². The van der Waals surface area contributed by atoms with Crippen molar-refractivity contribution in [2.24, 2.45) is 0 Å². The number of nitrogens with zero attached hydrogens (tertiary/aromatic N) is 4. The molecule has 3 aliphatic rings. The van der Waals surface area contributed by atoms with Gasteiger partial charge in [0.15, 0.2) is 11.5 Å². The number of likely N-dealkylation sites (N-methyl/N-ethyl adjacent to an activating group) is 1. The number of rotatable bonds is 6. The molecule has 2 atom stereocenters. The Morgan fingerprint density at radius 3 is 2.71 bits per heavy atom. The Morgan fingerprint density at radius 1 is 1.29 bits per heavy atom. The van der Waals surface area contributed by atoms with Gasteiger partial charge in [0.1, 0.15) is 18.4 Å². The summed E-state index contributed by atoms with van der Waals surface area (Å²) < 4.78 is 11.8. The van der Waals surface area contributed by atoms with Crippen LogP contribution in [0, 0.1) is 11.3 Å². The zero-order valence-electron chi connectivity index (χ0n) is 24.5. The lowest BCUT2D eigenvalue weighted by molar-refractivity contribution is 0.193. The van der Waals surface area contributed by atoms with Crippen molar-refractivity contribution in [2.45, 2.75) is 83.2 Å². The van der Waals surface area contributed by atoms with Crippen LogP contribution in [0.5, 0.6) is 5.88 Å². The monoisotopic (exact) mass is 559 g/mol. The molecule has 41 heavy (non-hydrogen) atoms. The summed E-state index contributed by atoms with van der Waals surface area (Å²) in [5.41, 5.74) is 10.7. The van der Waals surface area contributed by atoms with Gasteiger partial charge in [-0.25, -0.2) is 0 Å². The van der Waals surface area contributed by atoms with Crippen molar-refractivity contribution in [3.8, 4) is 23.5 Å². The minimum atomic E-state index is -0.301. The van der Waals surface area contributed by atoms with E-state index in [2.05, 4.69) is 59.2 Å². The maximum atomic E-state index is 12.4. The number of hydrogen-bond acceptors (Lipinski definition) is 9. The quantitative estimate of drug-likeness (QED) is 0.379. The molecule has 0 spiro atoms. The molecule has 0 saturated carbocycles. The number of H-pyrrole nitrogens is 1. The summed E-state index contributed by atoms with van der Waals surface area (Å²) in [6, 6.07) is 7.76. The molecule has 218 valence electrons. The maximum Gasteiger partial charge on any atom is 0.255 e. The lowest BCUT2D eigenvalue weighted by Gasteiger charge is -2.35. The molecule has 10 heteroatoms. The van der Waals surface area contributed by atoms with E-state index < -0.39 is 0 Å². The summed E-state index contributed by atoms with van der Waals surface area (Å²) >= 11 is 0. The van der Waals surface area contributed by atoms with Crippen LogP contribution in [-0.2, 0) is 12.8 Å². The molecule has 4 heterocycles. The third kappa shape index (κ3) is 6.16. The van der Waals surface area contributed by atoms with Crippen molar-refractivity contribution in [3.63, 3.8) is 0 Å². The molecule has 2 saturated heterocycles. The lowest BCUT2D eigenvalue weighted by Crippen LogP contribution is -2.51. The SMILES string of the molecule is CC1(C)CCN1.CCc1ccc(N)c(C#N)c1C1CCCc2c(-c3nc(OCC4CCCN4C)cc(=O)[nH]3)noc21. The highest BCUT2D eigenvalue weighted by molar-refractivity contribution is 5.64. The van der Waals surface area contributed by atoms with E-state index >= 15 is 0 Å². The summed E-state index contributed by atoms with van der Waals surface area (Å²) in [6.45, 7) is 9.25. The molecule has 2 aromatic heterocycles. The van der Waals surface area contributed by atoms with Gasteiger partial charge in [-0.3, -0.25) is 4.79 Å². The Kier molecular flexibility index (Phi) is 8.47. The Hall–Kier alpha value is -3.68. The van der Waals surface area contributed by atoms with Crippen LogP contribution >= 0.6 is 0 Å². The topological polar surface area (TPSA) is 146 Å². The van der Waals surface area contributed by atoms with Crippen LogP contribution in [0.2, 0.25) is 0 Å². The molecular formula is C31H41N7O3. The number of aromatic nitrogens is 3. The number of benzene rings is 1. The zero-order valence-corrected chi connectivity index (χ0v) is 24.5. The fourth-order valence-corrected chi connectivity index (χ4v) is 6.04. The number of nitrogens with one attached hydrogen (secondary N) is 2. The number of anilines is 1. The smallest absolute Gasteiger partial charge is 0.255 e. The van der Waals surface area contributed by atoms with Crippen LogP contribution in [0.4, 0.5) is 5.69 Å². The molecule has 1 aliphatic carbocycles. The van der Waals surface area contributed by atoms with Crippen molar-refractivity contribution in [2.75, 3.05) is 32.5 Å². The van der Waals surface area contributed by atoms with Crippen LogP contribution in [-0.4, -0.2) is 58.3 Å². The van der Waals surface area contributed by atoms with Crippen molar-refractivity contribution < 1.29 is 9.26 Å². The number of nitrogen functional groups attached to an aromatic ring is 1. The second kappa shape index (κ2) is 12.0. The largest absolute Gasteiger partial charge is 0.476 e. The molecule has 2 aliphatic heterocycles. The number of nitrogens with two attached hydrogens (primary N) is 1. The number of fused-ring (bicyclic) bond motifs is 1. The number of ether oxygens (including phenoxy) is 1. The third-order valence-electron chi connectivity index (χ3n) is 8.65. The van der Waals surface area contributed by atoms with Crippen LogP contribution in [0.1, 0.15) is 86.8 Å². The van der Waals surface area contributed by atoms with Crippen LogP contribution < -0.4 is 21.3 Å². The predicted molar refractivity (Wildman–Crippen MR) is 158 cm³/mol. The molecule has 0 amide bonds. The van der Waals surface area contributed by atoms with E-state index in [9.17, 15) is 10.1 Å². The van der Waals surface area contributed by atoms with Crippen molar-refractivity contribution >= 4 is 5.69 Å². The summed E-state index contributed by atoms with van der Waals surface area (Å²) in [5, 5.41) is 17.5. The normalized spacial score (nSPS) is 21.2. The van der Waals surface area contributed by atoms with Gasteiger partial charge in [0, 0.05) is 28.7 Å². The van der Waals surface area contributed by atoms with E-state index in [1.165, 1.54) is 19.0 Å². The van der Waals surface area contributed by atoms with E-state index in [1.807, 2.05) is 6.07 Å². The van der Waals surface area contributed by atoms with Crippen LogP contribution in [0.15, 0.2) is 27.5 Å². The van der Waals surface area contributed by atoms with Gasteiger partial charge in [0.2, 0.25) is 5.88 Å². The summed E-state index contributed by atoms with van der Waals surface area (Å²) in [7, 11) is 2.08. The first-order valence-electron chi connectivity index (χ1n) is 14.7. The summed E-state index contributed by atoms with van der Waals surface area (Å²) in [5.74, 6) is 1.20. The van der Waals surface area contributed by atoms with Crippen molar-refractivity contribution in [1.82, 2.24) is 25.3 Å². The molecule has 10 nitrogen and oxygen atoms in total. The van der Waals surface area contributed by atoms with Gasteiger partial charge in [-0.2, -0.15) is 10.2 Å². The minimum Gasteiger partial charge on any atom is -0.476 e. The Morgan fingerprint density at radius 2 is 2.07 bits per heavy atom. The van der Waals surface area contributed by atoms with Gasteiger partial charge in [0.25, 0.3) is 5.56 Å². The summed E-state index contributed by atoms with van der Waals surface area (Å²) in [4.78, 5) is 22.0. The zero-order chi connectivity index (χ0) is 29.1. The molecule has 0 radical (unpaired) electrons. The Bertz CT molecular complexity index is 1480. The highest BCUT2D eigenvalue weighted by atomic mass is 16.5. The highest BCUT2D eigenvalue weighted by Crippen LogP contribution is 2.43. The number of hydrogen-bond donors (Lipinski definition) is 3. The molecule has 0 bridgehead atoms. The third-order valence-corrected chi connectivity index (χ3v) is 8.65. The molecule has 4 N–H and O–H groups in total. The van der Waals surface area contributed by atoms with E-state index in [0.29, 0.717) is 46.7 Å². The van der Waals surface area contributed by atoms with Gasteiger partial charge in [-0.15, -0.1) is 0 Å². The van der Waals surface area contributed by atoms with E-state index in [-0.39, 0.29) is 17.4 Å². The molecule has 2 fully saturated rings. The first kappa shape index (κ1) is 28.8. The fraction of sp³-hybridized carbons (Fsp3) is 0.548. The Balaban J connectivity index is 0.000000500. The van der Waals surface area contributed by atoms with Gasteiger partial charge in [0.05, 0.1) is 11.6 Å². The van der Waals surface area contributed by atoms with E-state index in [4.69, 9.17) is 15.0 Å². The molecule has 1 aromatic carbocycles. The fourth-order valence-electron chi connectivity index (χ4n) is 6.04. The second-order valence-electron chi connectivity index (χ2n) is 12.0. The number of aromatic amines is 1. The van der Waals surface area contributed by atoms with Crippen LogP contribution in [0.25, 0.3) is 11.5 Å². The van der Waals surface area contributed by atoms with Gasteiger partial charge < -0.3 is 30.2 Å². The lowest BCUT2D eigenvalue weighted by atomic mass is 9.78. The molecule has 6 rings (SSSR count). The number of nitriles is 1. The van der Waals surface area contributed by atoms with Gasteiger partial charge in [-0.1, -0.05) is 18.1 Å². The van der Waals surface area contributed by atoms with E-state index in [0.717, 1.165) is 61.8 Å². The highest BCUT2D eigenvalue weighted by Gasteiger charge is 2.33. The number of aryl methyl sites for hydroxylation is 1. The summed E-state index contributed by atoms with van der Waals surface area (Å²) in [6.07, 6.45) is 6.80. The molecular weight excluding hydrogens is 518 g/mol. The molecule has 3 aromatic rings. The van der Waals surface area contributed by atoms with Crippen LogP contribution in [0.3, 0.4) is 0 Å². The van der Waals surface area contributed by atoms with Gasteiger partial charge >= 0.3 is 0 Å². The maximum absolute atomic E-state index is 12.4. The van der Waals surface area contributed by atoms with E-state index in [1.54, 1.807) is 6.07 Å². The minimum absolute atomic E-state index is 0.128. The average Bonchev–Trinajstić information content (AvgIpc) is 3.57. The average molecular weight is 560 g/mol. The van der Waals surface area contributed by atoms with Crippen molar-refractivity contribution in [1.29, 1.82) is 5.26 Å². The van der Waals surface area contributed by atoms with Crippen molar-refractivity contribution in [3.05, 3.63) is 56.6 Å². The predicted octanol–water partition coefficient (Wildman–Crippen LogP) is 4.14. The first-order valence-corrected chi connectivity index (χ1v) is 14.7. The first-order chi connectivity index (χ1) is 19.7.